The highest BCUT2D eigenvalue weighted by Crippen LogP contribution is 2.11. The fourth-order valence-corrected chi connectivity index (χ4v) is 0.745. The van der Waals surface area contributed by atoms with Crippen molar-refractivity contribution in [2.45, 2.75) is 18.9 Å². The summed E-state index contributed by atoms with van der Waals surface area (Å²) in [6.07, 6.45) is 5.23. The second kappa shape index (κ2) is 4.25. The molecule has 0 saturated heterocycles. The van der Waals surface area contributed by atoms with Crippen molar-refractivity contribution in [1.29, 1.82) is 0 Å². The molecule has 2 N–H and O–H groups in total. The summed E-state index contributed by atoms with van der Waals surface area (Å²) in [4.78, 5) is 0. The summed E-state index contributed by atoms with van der Waals surface area (Å²) in [5.74, 6) is 0. The normalized spacial score (nSPS) is 17.1. The first-order valence-electron chi connectivity index (χ1n) is 3.26. The van der Waals surface area contributed by atoms with Crippen molar-refractivity contribution < 1.29 is 10.2 Å². The Hall–Kier alpha value is -0.600. The fraction of sp³-hybridized carbons (Fsp3) is 0.500. The Balaban J connectivity index is 4.06. The summed E-state index contributed by atoms with van der Waals surface area (Å²) in [5, 5.41) is 18.1. The summed E-state index contributed by atoms with van der Waals surface area (Å²) in [6.45, 7) is 5.01. The molecule has 0 heterocycles. The standard InChI is InChI=1S/C8H14O2/c1-3-5-8(10,7-9)6-4-2/h3-4,6,9-10H,1,5,7H2,2H3/b6-4+/t8-/m1/s1. The lowest BCUT2D eigenvalue weighted by atomic mass is 10.0. The Bertz CT molecular complexity index is 129. The van der Waals surface area contributed by atoms with Gasteiger partial charge in [-0.3, -0.25) is 0 Å². The van der Waals surface area contributed by atoms with Crippen molar-refractivity contribution >= 4 is 0 Å². The molecule has 0 spiro atoms. The van der Waals surface area contributed by atoms with Crippen LogP contribution in [0.2, 0.25) is 0 Å². The van der Waals surface area contributed by atoms with Crippen LogP contribution in [-0.2, 0) is 0 Å². The summed E-state index contributed by atoms with van der Waals surface area (Å²) in [7, 11) is 0. The van der Waals surface area contributed by atoms with Crippen LogP contribution in [0.1, 0.15) is 13.3 Å². The van der Waals surface area contributed by atoms with E-state index in [9.17, 15) is 5.11 Å². The third-order valence-corrected chi connectivity index (χ3v) is 1.25. The lowest BCUT2D eigenvalue weighted by Crippen LogP contribution is -2.29. The van der Waals surface area contributed by atoms with Crippen LogP contribution in [0.15, 0.2) is 24.8 Å². The van der Waals surface area contributed by atoms with Crippen LogP contribution in [0.3, 0.4) is 0 Å². The largest absolute Gasteiger partial charge is 0.393 e. The third-order valence-electron chi connectivity index (χ3n) is 1.25. The second-order valence-corrected chi connectivity index (χ2v) is 2.25. The Morgan fingerprint density at radius 2 is 2.20 bits per heavy atom. The van der Waals surface area contributed by atoms with Gasteiger partial charge >= 0.3 is 0 Å². The van der Waals surface area contributed by atoms with E-state index in [-0.39, 0.29) is 6.61 Å². The monoisotopic (exact) mass is 142 g/mol. The Labute approximate surface area is 61.5 Å². The molecule has 2 nitrogen and oxygen atoms in total. The molecular weight excluding hydrogens is 128 g/mol. The van der Waals surface area contributed by atoms with Gasteiger partial charge < -0.3 is 10.2 Å². The van der Waals surface area contributed by atoms with Crippen LogP contribution in [-0.4, -0.2) is 22.4 Å². The molecule has 0 amide bonds. The molecule has 2 heteroatoms. The van der Waals surface area contributed by atoms with Crippen LogP contribution < -0.4 is 0 Å². The van der Waals surface area contributed by atoms with Crippen LogP contribution >= 0.6 is 0 Å². The molecule has 1 atom stereocenters. The number of hydrogen-bond acceptors (Lipinski definition) is 2. The molecule has 0 bridgehead atoms. The molecule has 0 aliphatic carbocycles. The average Bonchev–Trinajstić information content (AvgIpc) is 1.89. The van der Waals surface area contributed by atoms with E-state index in [0.717, 1.165) is 0 Å². The lowest BCUT2D eigenvalue weighted by molar-refractivity contribution is 0.0299. The molecule has 10 heavy (non-hydrogen) atoms. The van der Waals surface area contributed by atoms with Gasteiger partial charge in [0.05, 0.1) is 6.61 Å². The minimum Gasteiger partial charge on any atom is -0.393 e. The first kappa shape index (κ1) is 9.40. The van der Waals surface area contributed by atoms with Crippen LogP contribution in [0.25, 0.3) is 0 Å². The highest BCUT2D eigenvalue weighted by atomic mass is 16.3. The Morgan fingerprint density at radius 1 is 1.60 bits per heavy atom. The van der Waals surface area contributed by atoms with Crippen molar-refractivity contribution in [3.05, 3.63) is 24.8 Å². The molecule has 58 valence electrons. The van der Waals surface area contributed by atoms with E-state index < -0.39 is 5.60 Å². The average molecular weight is 142 g/mol. The summed E-state index contributed by atoms with van der Waals surface area (Å²) >= 11 is 0. The van der Waals surface area contributed by atoms with E-state index >= 15 is 0 Å². The van der Waals surface area contributed by atoms with Gasteiger partial charge in [-0.15, -0.1) is 6.58 Å². The van der Waals surface area contributed by atoms with Crippen LogP contribution in [0, 0.1) is 0 Å². The quantitative estimate of drug-likeness (QED) is 0.571. The minimum absolute atomic E-state index is 0.261. The summed E-state index contributed by atoms with van der Waals surface area (Å²) in [6, 6.07) is 0. The van der Waals surface area contributed by atoms with E-state index in [0.29, 0.717) is 6.42 Å². The number of rotatable bonds is 4. The predicted octanol–water partition coefficient (Wildman–Crippen LogP) is 0.862. The van der Waals surface area contributed by atoms with Crippen molar-refractivity contribution in [3.63, 3.8) is 0 Å². The zero-order valence-electron chi connectivity index (χ0n) is 6.25. The maximum absolute atomic E-state index is 9.41. The fourth-order valence-electron chi connectivity index (χ4n) is 0.745. The Kier molecular flexibility index (Phi) is 4.00. The van der Waals surface area contributed by atoms with Gasteiger partial charge in [0.2, 0.25) is 0 Å². The molecule has 0 aliphatic heterocycles. The number of hydrogen-bond donors (Lipinski definition) is 2. The Morgan fingerprint density at radius 3 is 2.50 bits per heavy atom. The molecule has 0 aliphatic rings. The van der Waals surface area contributed by atoms with Crippen molar-refractivity contribution in [2.75, 3.05) is 6.61 Å². The minimum atomic E-state index is -1.10. The molecule has 0 rings (SSSR count). The number of aliphatic hydroxyl groups is 2. The zero-order valence-corrected chi connectivity index (χ0v) is 6.25. The van der Waals surface area contributed by atoms with E-state index in [1.807, 2.05) is 0 Å². The van der Waals surface area contributed by atoms with Gasteiger partial charge in [0.1, 0.15) is 5.60 Å². The summed E-state index contributed by atoms with van der Waals surface area (Å²) < 4.78 is 0. The molecule has 0 aromatic carbocycles. The number of allylic oxidation sites excluding steroid dienone is 1. The molecule has 0 aromatic heterocycles. The zero-order chi connectivity index (χ0) is 8.04. The third kappa shape index (κ3) is 2.80. The lowest BCUT2D eigenvalue weighted by Gasteiger charge is -2.19. The predicted molar refractivity (Wildman–Crippen MR) is 41.7 cm³/mol. The van der Waals surface area contributed by atoms with Gasteiger partial charge in [0.25, 0.3) is 0 Å². The van der Waals surface area contributed by atoms with E-state index in [2.05, 4.69) is 6.58 Å². The topological polar surface area (TPSA) is 40.5 Å². The van der Waals surface area contributed by atoms with Crippen molar-refractivity contribution in [3.8, 4) is 0 Å². The van der Waals surface area contributed by atoms with Crippen molar-refractivity contribution in [2.24, 2.45) is 0 Å². The maximum atomic E-state index is 9.41. The highest BCUT2D eigenvalue weighted by Gasteiger charge is 2.19. The van der Waals surface area contributed by atoms with Gasteiger partial charge in [-0.05, 0) is 13.3 Å². The number of aliphatic hydroxyl groups excluding tert-OH is 1. The molecule has 0 radical (unpaired) electrons. The van der Waals surface area contributed by atoms with Crippen molar-refractivity contribution in [1.82, 2.24) is 0 Å². The van der Waals surface area contributed by atoms with E-state index in [1.165, 1.54) is 0 Å². The van der Waals surface area contributed by atoms with Gasteiger partial charge in [0.15, 0.2) is 0 Å². The maximum Gasteiger partial charge on any atom is 0.109 e. The first-order valence-corrected chi connectivity index (χ1v) is 3.26. The van der Waals surface area contributed by atoms with E-state index in [4.69, 9.17) is 5.11 Å². The molecule has 0 aromatic rings. The molecular formula is C8H14O2. The van der Waals surface area contributed by atoms with Gasteiger partial charge in [0, 0.05) is 0 Å². The van der Waals surface area contributed by atoms with Crippen LogP contribution in [0.4, 0.5) is 0 Å². The van der Waals surface area contributed by atoms with Gasteiger partial charge in [-0.25, -0.2) is 0 Å². The van der Waals surface area contributed by atoms with Gasteiger partial charge in [-0.2, -0.15) is 0 Å². The van der Waals surface area contributed by atoms with Gasteiger partial charge in [-0.1, -0.05) is 18.2 Å². The molecule has 0 unspecified atom stereocenters. The van der Waals surface area contributed by atoms with E-state index in [1.54, 1.807) is 25.2 Å². The SMILES string of the molecule is C=CC[C@@](O)(/C=C/C)CO. The van der Waals surface area contributed by atoms with Crippen LogP contribution in [0.5, 0.6) is 0 Å². The summed E-state index contributed by atoms with van der Waals surface area (Å²) in [5.41, 5.74) is -1.10. The molecule has 0 saturated carbocycles. The smallest absolute Gasteiger partial charge is 0.109 e. The second-order valence-electron chi connectivity index (χ2n) is 2.25. The first-order chi connectivity index (χ1) is 4.68. The highest BCUT2D eigenvalue weighted by molar-refractivity contribution is 5.02. The molecule has 0 fully saturated rings.